The minimum Gasteiger partial charge on any atom is -0.396 e. The Labute approximate surface area is 102 Å². The third-order valence-electron chi connectivity index (χ3n) is 3.17. The van der Waals surface area contributed by atoms with Crippen molar-refractivity contribution in [2.45, 2.75) is 32.1 Å². The van der Waals surface area contributed by atoms with E-state index in [0.29, 0.717) is 6.42 Å². The number of aliphatic hydroxyl groups excluding tert-OH is 1. The van der Waals surface area contributed by atoms with Crippen LogP contribution in [0.25, 0.3) is 0 Å². The van der Waals surface area contributed by atoms with Crippen LogP contribution in [0.2, 0.25) is 0 Å². The molecule has 1 aromatic rings. The van der Waals surface area contributed by atoms with Gasteiger partial charge in [-0.15, -0.1) is 0 Å². The average Bonchev–Trinajstić information content (AvgIpc) is 2.37. The molecule has 0 aromatic heterocycles. The lowest BCUT2D eigenvalue weighted by atomic mass is 10.1. The fourth-order valence-electron chi connectivity index (χ4n) is 2.24. The van der Waals surface area contributed by atoms with Crippen LogP contribution in [-0.2, 0) is 11.2 Å². The third-order valence-corrected chi connectivity index (χ3v) is 3.17. The molecule has 1 N–H and O–H groups in total. The summed E-state index contributed by atoms with van der Waals surface area (Å²) < 4.78 is 0. The van der Waals surface area contributed by atoms with Gasteiger partial charge in [-0.1, -0.05) is 12.1 Å². The van der Waals surface area contributed by atoms with Gasteiger partial charge in [-0.3, -0.25) is 4.79 Å². The second-order valence-corrected chi connectivity index (χ2v) is 4.50. The minimum absolute atomic E-state index is 0.215. The first-order valence-electron chi connectivity index (χ1n) is 6.31. The van der Waals surface area contributed by atoms with E-state index in [1.54, 1.807) is 0 Å². The van der Waals surface area contributed by atoms with Crippen molar-refractivity contribution in [3.8, 4) is 0 Å². The van der Waals surface area contributed by atoms with Crippen LogP contribution in [-0.4, -0.2) is 24.2 Å². The summed E-state index contributed by atoms with van der Waals surface area (Å²) in [5.74, 6) is 0.232. The van der Waals surface area contributed by atoms with Gasteiger partial charge in [-0.2, -0.15) is 0 Å². The van der Waals surface area contributed by atoms with Crippen molar-refractivity contribution in [2.75, 3.05) is 18.1 Å². The molecule has 92 valence electrons. The number of carbonyl (C=O) groups is 1. The van der Waals surface area contributed by atoms with Crippen molar-refractivity contribution in [3.05, 3.63) is 29.8 Å². The summed E-state index contributed by atoms with van der Waals surface area (Å²) in [6, 6.07) is 8.10. The van der Waals surface area contributed by atoms with Crippen LogP contribution in [0.3, 0.4) is 0 Å². The van der Waals surface area contributed by atoms with Crippen molar-refractivity contribution >= 4 is 11.6 Å². The summed E-state index contributed by atoms with van der Waals surface area (Å²) in [5, 5.41) is 8.82. The van der Waals surface area contributed by atoms with Gasteiger partial charge >= 0.3 is 0 Å². The normalized spacial score (nSPS) is 16.3. The molecule has 1 aliphatic heterocycles. The quantitative estimate of drug-likeness (QED) is 0.865. The Bertz CT molecular complexity index is 390. The molecular formula is C14H19NO2. The lowest BCUT2D eigenvalue weighted by molar-refractivity contribution is -0.119. The molecule has 3 nitrogen and oxygen atoms in total. The van der Waals surface area contributed by atoms with Gasteiger partial charge in [-0.25, -0.2) is 0 Å². The molecule has 17 heavy (non-hydrogen) atoms. The van der Waals surface area contributed by atoms with E-state index >= 15 is 0 Å². The van der Waals surface area contributed by atoms with E-state index in [1.165, 1.54) is 5.56 Å². The van der Waals surface area contributed by atoms with Crippen molar-refractivity contribution in [1.29, 1.82) is 0 Å². The van der Waals surface area contributed by atoms with Crippen molar-refractivity contribution in [1.82, 2.24) is 0 Å². The first-order valence-corrected chi connectivity index (χ1v) is 6.31. The van der Waals surface area contributed by atoms with Crippen molar-refractivity contribution in [3.63, 3.8) is 0 Å². The zero-order valence-electron chi connectivity index (χ0n) is 10.1. The number of piperidine rings is 1. The first-order chi connectivity index (χ1) is 8.31. The zero-order valence-corrected chi connectivity index (χ0v) is 10.1. The van der Waals surface area contributed by atoms with Crippen LogP contribution in [0.1, 0.15) is 31.2 Å². The molecule has 0 bridgehead atoms. The number of anilines is 1. The van der Waals surface area contributed by atoms with Crippen LogP contribution in [0.15, 0.2) is 24.3 Å². The maximum atomic E-state index is 11.8. The van der Waals surface area contributed by atoms with E-state index in [0.717, 1.165) is 37.9 Å². The number of hydrogen-bond donors (Lipinski definition) is 1. The van der Waals surface area contributed by atoms with Crippen LogP contribution < -0.4 is 4.90 Å². The molecule has 0 spiro atoms. The fourth-order valence-corrected chi connectivity index (χ4v) is 2.24. The summed E-state index contributed by atoms with van der Waals surface area (Å²) in [4.78, 5) is 13.7. The molecular weight excluding hydrogens is 214 g/mol. The highest BCUT2D eigenvalue weighted by Gasteiger charge is 2.19. The number of aryl methyl sites for hydroxylation is 1. The highest BCUT2D eigenvalue weighted by Crippen LogP contribution is 2.22. The van der Waals surface area contributed by atoms with E-state index < -0.39 is 0 Å². The number of carbonyl (C=O) groups excluding carboxylic acids is 1. The molecule has 0 saturated carbocycles. The van der Waals surface area contributed by atoms with Gasteiger partial charge in [0.2, 0.25) is 5.91 Å². The minimum atomic E-state index is 0.215. The molecule has 1 amide bonds. The van der Waals surface area contributed by atoms with E-state index in [9.17, 15) is 4.79 Å². The lowest BCUT2D eigenvalue weighted by Crippen LogP contribution is -2.35. The Morgan fingerprint density at radius 2 is 2.18 bits per heavy atom. The van der Waals surface area contributed by atoms with E-state index in [-0.39, 0.29) is 12.5 Å². The molecule has 0 radical (unpaired) electrons. The Kier molecular flexibility index (Phi) is 4.15. The molecule has 0 aliphatic carbocycles. The lowest BCUT2D eigenvalue weighted by Gasteiger charge is -2.27. The van der Waals surface area contributed by atoms with Gasteiger partial charge in [0.25, 0.3) is 0 Å². The molecule has 1 aromatic carbocycles. The SMILES string of the molecule is O=C1CCCCN1c1cccc(CCCO)c1. The number of hydrogen-bond acceptors (Lipinski definition) is 2. The molecule has 0 atom stereocenters. The number of rotatable bonds is 4. The number of nitrogens with zero attached hydrogens (tertiary/aromatic N) is 1. The predicted octanol–water partition coefficient (Wildman–Crippen LogP) is 2.13. The zero-order chi connectivity index (χ0) is 12.1. The molecule has 1 aliphatic rings. The van der Waals surface area contributed by atoms with E-state index in [2.05, 4.69) is 6.07 Å². The van der Waals surface area contributed by atoms with Crippen LogP contribution in [0.5, 0.6) is 0 Å². The highest BCUT2D eigenvalue weighted by molar-refractivity contribution is 5.94. The van der Waals surface area contributed by atoms with Gasteiger partial charge in [-0.05, 0) is 43.4 Å². The standard InChI is InChI=1S/C14H19NO2/c16-10-4-6-12-5-3-7-13(11-12)15-9-2-1-8-14(15)17/h3,5,7,11,16H,1-2,4,6,8-10H2. The van der Waals surface area contributed by atoms with Crippen LogP contribution in [0, 0.1) is 0 Å². The molecule has 1 saturated heterocycles. The Hall–Kier alpha value is -1.35. The Morgan fingerprint density at radius 3 is 2.94 bits per heavy atom. The molecule has 1 heterocycles. The van der Waals surface area contributed by atoms with Gasteiger partial charge < -0.3 is 10.0 Å². The van der Waals surface area contributed by atoms with Gasteiger partial charge in [0.1, 0.15) is 0 Å². The first kappa shape index (κ1) is 12.1. The monoisotopic (exact) mass is 233 g/mol. The fraction of sp³-hybridized carbons (Fsp3) is 0.500. The van der Waals surface area contributed by atoms with Gasteiger partial charge in [0, 0.05) is 25.3 Å². The summed E-state index contributed by atoms with van der Waals surface area (Å²) in [6.45, 7) is 1.05. The topological polar surface area (TPSA) is 40.5 Å². The Morgan fingerprint density at radius 1 is 1.29 bits per heavy atom. The summed E-state index contributed by atoms with van der Waals surface area (Å²) in [6.07, 6.45) is 4.41. The highest BCUT2D eigenvalue weighted by atomic mass is 16.2. The predicted molar refractivity (Wildman–Crippen MR) is 68.1 cm³/mol. The van der Waals surface area contributed by atoms with Crippen LogP contribution >= 0.6 is 0 Å². The molecule has 2 rings (SSSR count). The molecule has 3 heteroatoms. The van der Waals surface area contributed by atoms with E-state index in [1.807, 2.05) is 23.1 Å². The average molecular weight is 233 g/mol. The number of benzene rings is 1. The van der Waals surface area contributed by atoms with Gasteiger partial charge in [0.05, 0.1) is 0 Å². The van der Waals surface area contributed by atoms with Crippen molar-refractivity contribution < 1.29 is 9.90 Å². The van der Waals surface area contributed by atoms with Crippen molar-refractivity contribution in [2.24, 2.45) is 0 Å². The third kappa shape index (κ3) is 3.07. The van der Waals surface area contributed by atoms with Gasteiger partial charge in [0.15, 0.2) is 0 Å². The summed E-state index contributed by atoms with van der Waals surface area (Å²) in [5.41, 5.74) is 2.19. The largest absolute Gasteiger partial charge is 0.396 e. The molecule has 1 fully saturated rings. The smallest absolute Gasteiger partial charge is 0.226 e. The second-order valence-electron chi connectivity index (χ2n) is 4.50. The number of aliphatic hydroxyl groups is 1. The maximum Gasteiger partial charge on any atom is 0.226 e. The number of amides is 1. The second kappa shape index (κ2) is 5.82. The summed E-state index contributed by atoms with van der Waals surface area (Å²) >= 11 is 0. The summed E-state index contributed by atoms with van der Waals surface area (Å²) in [7, 11) is 0. The van der Waals surface area contributed by atoms with Crippen LogP contribution in [0.4, 0.5) is 5.69 Å². The Balaban J connectivity index is 2.11. The maximum absolute atomic E-state index is 11.8. The van der Waals surface area contributed by atoms with E-state index in [4.69, 9.17) is 5.11 Å². The molecule has 0 unspecified atom stereocenters.